The van der Waals surface area contributed by atoms with E-state index in [1.807, 2.05) is 0 Å². The van der Waals surface area contributed by atoms with Gasteiger partial charge in [0, 0.05) is 18.2 Å². The number of aryl methyl sites for hydroxylation is 1. The van der Waals surface area contributed by atoms with E-state index in [1.165, 1.54) is 17.2 Å². The first-order valence-electron chi connectivity index (χ1n) is 9.48. The molecule has 1 N–H and O–H groups in total. The van der Waals surface area contributed by atoms with Crippen LogP contribution in [-0.4, -0.2) is 29.9 Å². The highest BCUT2D eigenvalue weighted by Crippen LogP contribution is 2.24. The van der Waals surface area contributed by atoms with E-state index < -0.39 is 0 Å². The highest BCUT2D eigenvalue weighted by molar-refractivity contribution is 5.78. The molecule has 3 rings (SSSR count). The number of rotatable bonds is 7. The Morgan fingerprint density at radius 2 is 1.88 bits per heavy atom. The Balaban J connectivity index is 1.58. The second kappa shape index (κ2) is 8.95. The van der Waals surface area contributed by atoms with Crippen molar-refractivity contribution in [1.29, 1.82) is 0 Å². The van der Waals surface area contributed by atoms with Gasteiger partial charge in [-0.15, -0.1) is 0 Å². The zero-order chi connectivity index (χ0) is 18.4. The van der Waals surface area contributed by atoms with Gasteiger partial charge in [-0.1, -0.05) is 49.4 Å². The summed E-state index contributed by atoms with van der Waals surface area (Å²) in [5.41, 5.74) is 3.36. The van der Waals surface area contributed by atoms with Crippen LogP contribution in [-0.2, 0) is 24.2 Å². The van der Waals surface area contributed by atoms with Crippen LogP contribution in [0.25, 0.3) is 0 Å². The molecular weight excluding hydrogens is 327 g/mol. The molecule has 0 heterocycles. The van der Waals surface area contributed by atoms with Gasteiger partial charge < -0.3 is 5.32 Å². The lowest BCUT2D eigenvalue weighted by Gasteiger charge is -2.34. The minimum atomic E-state index is -0.276. The molecule has 0 fully saturated rings. The van der Waals surface area contributed by atoms with Gasteiger partial charge in [0.05, 0.1) is 6.54 Å². The summed E-state index contributed by atoms with van der Waals surface area (Å²) in [6, 6.07) is 15.6. The molecule has 26 heavy (non-hydrogen) atoms. The van der Waals surface area contributed by atoms with Crippen LogP contribution in [0.1, 0.15) is 36.5 Å². The molecule has 138 valence electrons. The lowest BCUT2D eigenvalue weighted by Crippen LogP contribution is -2.45. The molecule has 3 nitrogen and oxygen atoms in total. The molecule has 1 aliphatic rings. The van der Waals surface area contributed by atoms with Gasteiger partial charge in [-0.25, -0.2) is 4.39 Å². The Morgan fingerprint density at radius 1 is 1.15 bits per heavy atom. The summed E-state index contributed by atoms with van der Waals surface area (Å²) >= 11 is 0. The van der Waals surface area contributed by atoms with Crippen molar-refractivity contribution >= 4 is 5.91 Å². The lowest BCUT2D eigenvalue weighted by atomic mass is 9.87. The van der Waals surface area contributed by atoms with Crippen molar-refractivity contribution in [1.82, 2.24) is 10.2 Å². The number of nitrogens with zero attached hydrogens (tertiary/aromatic N) is 1. The summed E-state index contributed by atoms with van der Waals surface area (Å²) in [6.07, 6.45) is 4.16. The van der Waals surface area contributed by atoms with E-state index in [4.69, 9.17) is 0 Å². The first-order chi connectivity index (χ1) is 12.7. The summed E-state index contributed by atoms with van der Waals surface area (Å²) in [7, 11) is 0. The number of carbonyl (C=O) groups excluding carboxylic acids is 1. The summed E-state index contributed by atoms with van der Waals surface area (Å²) < 4.78 is 13.7. The average molecular weight is 354 g/mol. The van der Waals surface area contributed by atoms with Crippen molar-refractivity contribution in [3.05, 3.63) is 71.0 Å². The fourth-order valence-corrected chi connectivity index (χ4v) is 3.74. The molecule has 0 aliphatic heterocycles. The Labute approximate surface area is 155 Å². The van der Waals surface area contributed by atoms with Gasteiger partial charge in [0.2, 0.25) is 5.91 Å². The summed E-state index contributed by atoms with van der Waals surface area (Å²) in [5, 5.41) is 2.87. The van der Waals surface area contributed by atoms with Crippen molar-refractivity contribution in [3.63, 3.8) is 0 Å². The third-order valence-electron chi connectivity index (χ3n) is 5.13. The van der Waals surface area contributed by atoms with E-state index in [0.717, 1.165) is 32.2 Å². The molecule has 1 atom stereocenters. The number of nitrogens with one attached hydrogen (secondary N) is 1. The highest BCUT2D eigenvalue weighted by Gasteiger charge is 2.25. The molecule has 2 aromatic rings. The zero-order valence-electron chi connectivity index (χ0n) is 15.4. The molecule has 0 bridgehead atoms. The molecule has 4 heteroatoms. The average Bonchev–Trinajstić information content (AvgIpc) is 2.66. The van der Waals surface area contributed by atoms with Gasteiger partial charge in [0.15, 0.2) is 0 Å². The number of hydrogen-bond acceptors (Lipinski definition) is 2. The minimum Gasteiger partial charge on any atom is -0.351 e. The first-order valence-corrected chi connectivity index (χ1v) is 9.48. The van der Waals surface area contributed by atoms with Crippen LogP contribution in [0.15, 0.2) is 48.5 Å². The predicted molar refractivity (Wildman–Crippen MR) is 102 cm³/mol. The molecule has 1 amide bonds. The maximum Gasteiger partial charge on any atom is 0.234 e. The van der Waals surface area contributed by atoms with E-state index in [-0.39, 0.29) is 18.3 Å². The summed E-state index contributed by atoms with van der Waals surface area (Å²) in [6.45, 7) is 3.65. The third-order valence-corrected chi connectivity index (χ3v) is 5.13. The van der Waals surface area contributed by atoms with Crippen molar-refractivity contribution in [3.8, 4) is 0 Å². The van der Waals surface area contributed by atoms with Gasteiger partial charge >= 0.3 is 0 Å². The SMILES string of the molecule is CCCN(CC(=O)NCc1ccccc1F)C1CCc2ccccc2C1. The van der Waals surface area contributed by atoms with E-state index in [2.05, 4.69) is 41.4 Å². The van der Waals surface area contributed by atoms with Crippen LogP contribution < -0.4 is 5.32 Å². The standard InChI is InChI=1S/C22H27FN2O/c1-2-13-25(20-12-11-17-7-3-4-8-18(17)14-20)16-22(26)24-15-19-9-5-6-10-21(19)23/h3-10,20H,2,11-16H2,1H3,(H,24,26). The van der Waals surface area contributed by atoms with Crippen LogP contribution in [0.3, 0.4) is 0 Å². The first kappa shape index (κ1) is 18.6. The number of carbonyl (C=O) groups is 1. The molecule has 0 radical (unpaired) electrons. The molecule has 0 aromatic heterocycles. The van der Waals surface area contributed by atoms with Crippen LogP contribution >= 0.6 is 0 Å². The third kappa shape index (κ3) is 4.70. The van der Waals surface area contributed by atoms with Crippen LogP contribution in [0.4, 0.5) is 4.39 Å². The Morgan fingerprint density at radius 3 is 2.65 bits per heavy atom. The van der Waals surface area contributed by atoms with E-state index in [0.29, 0.717) is 18.2 Å². The van der Waals surface area contributed by atoms with Gasteiger partial charge in [0.1, 0.15) is 5.82 Å². The van der Waals surface area contributed by atoms with Gasteiger partial charge in [0.25, 0.3) is 0 Å². The second-order valence-corrected chi connectivity index (χ2v) is 7.00. The van der Waals surface area contributed by atoms with Crippen molar-refractivity contribution < 1.29 is 9.18 Å². The van der Waals surface area contributed by atoms with Crippen molar-refractivity contribution in [2.24, 2.45) is 0 Å². The molecule has 0 saturated heterocycles. The van der Waals surface area contributed by atoms with E-state index in [1.54, 1.807) is 18.2 Å². The molecule has 0 saturated carbocycles. The number of amides is 1. The monoisotopic (exact) mass is 354 g/mol. The minimum absolute atomic E-state index is 0.0411. The zero-order valence-corrected chi connectivity index (χ0v) is 15.4. The number of fused-ring (bicyclic) bond motifs is 1. The summed E-state index contributed by atoms with van der Waals surface area (Å²) in [4.78, 5) is 14.7. The van der Waals surface area contributed by atoms with E-state index >= 15 is 0 Å². The highest BCUT2D eigenvalue weighted by atomic mass is 19.1. The fourth-order valence-electron chi connectivity index (χ4n) is 3.74. The second-order valence-electron chi connectivity index (χ2n) is 7.00. The normalized spacial score (nSPS) is 16.3. The van der Waals surface area contributed by atoms with Gasteiger partial charge in [-0.2, -0.15) is 0 Å². The van der Waals surface area contributed by atoms with Crippen LogP contribution in [0.2, 0.25) is 0 Å². The molecule has 1 unspecified atom stereocenters. The Kier molecular flexibility index (Phi) is 6.40. The quantitative estimate of drug-likeness (QED) is 0.822. The van der Waals surface area contributed by atoms with Gasteiger partial charge in [-0.05, 0) is 49.4 Å². The maximum absolute atomic E-state index is 13.7. The predicted octanol–water partition coefficient (Wildman–Crippen LogP) is 3.71. The van der Waals surface area contributed by atoms with Crippen LogP contribution in [0.5, 0.6) is 0 Å². The number of benzene rings is 2. The van der Waals surface area contributed by atoms with E-state index in [9.17, 15) is 9.18 Å². The molecular formula is C22H27FN2O. The molecule has 2 aromatic carbocycles. The van der Waals surface area contributed by atoms with Crippen molar-refractivity contribution in [2.75, 3.05) is 13.1 Å². The van der Waals surface area contributed by atoms with Gasteiger partial charge in [-0.3, -0.25) is 9.69 Å². The summed E-state index contributed by atoms with van der Waals surface area (Å²) in [5.74, 6) is -0.317. The molecule has 1 aliphatic carbocycles. The topological polar surface area (TPSA) is 32.3 Å². The molecule has 0 spiro atoms. The fraction of sp³-hybridized carbons (Fsp3) is 0.409. The number of halogens is 1. The Hall–Kier alpha value is -2.20. The van der Waals surface area contributed by atoms with Crippen molar-refractivity contribution in [2.45, 2.75) is 45.2 Å². The maximum atomic E-state index is 13.7. The number of hydrogen-bond donors (Lipinski definition) is 1. The lowest BCUT2D eigenvalue weighted by molar-refractivity contribution is -0.123. The smallest absolute Gasteiger partial charge is 0.234 e. The largest absolute Gasteiger partial charge is 0.351 e. The Bertz CT molecular complexity index is 746. The van der Waals surface area contributed by atoms with Crippen LogP contribution in [0, 0.1) is 5.82 Å².